The van der Waals surface area contributed by atoms with Crippen molar-refractivity contribution >= 4 is 21.4 Å². The third kappa shape index (κ3) is 5.22. The molecular weight excluding hydrogens is 234 g/mol. The molecule has 0 amide bonds. The minimum Gasteiger partial charge on any atom is -0.309 e. The number of nitrogens with two attached hydrogens (primary N) is 1. The molecule has 1 rings (SSSR count). The van der Waals surface area contributed by atoms with E-state index in [0.717, 1.165) is 11.4 Å². The van der Waals surface area contributed by atoms with Crippen LogP contribution in [0.4, 0.5) is 0 Å². The average molecular weight is 249 g/mol. The predicted octanol–water partition coefficient (Wildman–Crippen LogP) is 0.0836. The number of aryl methyl sites for hydroxylation is 1. The van der Waals surface area contributed by atoms with Gasteiger partial charge in [-0.15, -0.1) is 11.3 Å². The summed E-state index contributed by atoms with van der Waals surface area (Å²) in [7, 11) is -3.36. The summed E-state index contributed by atoms with van der Waals surface area (Å²) in [5.41, 5.74) is 0. The monoisotopic (exact) mass is 249 g/mol. The quantitative estimate of drug-likeness (QED) is 0.699. The molecule has 3 N–H and O–H groups in total. The minimum atomic E-state index is -3.36. The van der Waals surface area contributed by atoms with Crippen LogP contribution in [0.15, 0.2) is 6.20 Å². The lowest BCUT2D eigenvalue weighted by Gasteiger charge is -2.00. The Kier molecular flexibility index (Phi) is 4.65. The highest BCUT2D eigenvalue weighted by molar-refractivity contribution is 7.89. The molecule has 86 valence electrons. The normalized spacial score (nSPS) is 11.9. The van der Waals surface area contributed by atoms with Gasteiger partial charge in [-0.25, -0.2) is 18.5 Å². The van der Waals surface area contributed by atoms with Crippen molar-refractivity contribution in [3.8, 4) is 0 Å². The molecule has 0 aromatic carbocycles. The Hall–Kier alpha value is -0.500. The summed E-state index contributed by atoms with van der Waals surface area (Å²) in [6, 6.07) is 0. The molecular formula is C8H15N3O2S2. The molecule has 0 aliphatic carbocycles. The van der Waals surface area contributed by atoms with Crippen molar-refractivity contribution in [2.45, 2.75) is 19.9 Å². The maximum Gasteiger partial charge on any atom is 0.210 e. The van der Waals surface area contributed by atoms with Gasteiger partial charge in [0.2, 0.25) is 10.0 Å². The number of thiazole rings is 1. The van der Waals surface area contributed by atoms with Crippen LogP contribution >= 0.6 is 11.3 Å². The van der Waals surface area contributed by atoms with Crippen LogP contribution in [0.3, 0.4) is 0 Å². The number of hydrogen-bond acceptors (Lipinski definition) is 5. The van der Waals surface area contributed by atoms with Crippen LogP contribution in [0.2, 0.25) is 0 Å². The van der Waals surface area contributed by atoms with Crippen molar-refractivity contribution in [2.75, 3.05) is 12.3 Å². The lowest BCUT2D eigenvalue weighted by atomic mass is 10.4. The van der Waals surface area contributed by atoms with Crippen molar-refractivity contribution in [2.24, 2.45) is 5.14 Å². The maximum absolute atomic E-state index is 10.6. The first-order valence-corrected chi connectivity index (χ1v) is 7.19. The molecule has 0 atom stereocenters. The summed E-state index contributed by atoms with van der Waals surface area (Å²) in [6.45, 7) is 3.03. The summed E-state index contributed by atoms with van der Waals surface area (Å²) in [4.78, 5) is 5.43. The molecule has 0 aliphatic heterocycles. The second-order valence-electron chi connectivity index (χ2n) is 3.12. The van der Waals surface area contributed by atoms with Crippen LogP contribution in [0.5, 0.6) is 0 Å². The Bertz CT molecular complexity index is 400. The van der Waals surface area contributed by atoms with E-state index in [0.29, 0.717) is 13.1 Å². The summed E-state index contributed by atoms with van der Waals surface area (Å²) in [6.07, 6.45) is 2.83. The van der Waals surface area contributed by atoms with Crippen LogP contribution in [-0.2, 0) is 23.0 Å². The minimum absolute atomic E-state index is 0.0426. The van der Waals surface area contributed by atoms with Gasteiger partial charge in [-0.05, 0) is 6.42 Å². The van der Waals surface area contributed by atoms with Gasteiger partial charge in [0, 0.05) is 24.2 Å². The summed E-state index contributed by atoms with van der Waals surface area (Å²) in [5, 5.41) is 8.82. The second-order valence-corrected chi connectivity index (χ2v) is 6.05. The van der Waals surface area contributed by atoms with E-state index in [1.165, 1.54) is 4.88 Å². The van der Waals surface area contributed by atoms with Crippen molar-refractivity contribution in [3.63, 3.8) is 0 Å². The number of hydrogen-bond donors (Lipinski definition) is 2. The fourth-order valence-corrected chi connectivity index (χ4v) is 2.26. The van der Waals surface area contributed by atoms with Gasteiger partial charge in [-0.1, -0.05) is 6.92 Å². The maximum atomic E-state index is 10.6. The van der Waals surface area contributed by atoms with E-state index in [4.69, 9.17) is 5.14 Å². The standard InChI is InChI=1S/C8H15N3O2S2/c1-2-7-5-11-8(14-7)6-10-3-4-15(9,12)13/h5,10H,2-4,6H2,1H3,(H2,9,12,13). The Morgan fingerprint density at radius 3 is 2.87 bits per heavy atom. The zero-order chi connectivity index (χ0) is 11.3. The molecule has 0 saturated carbocycles. The summed E-state index contributed by atoms with van der Waals surface area (Å²) >= 11 is 1.64. The SMILES string of the molecule is CCc1cnc(CNCCS(N)(=O)=O)s1. The summed E-state index contributed by atoms with van der Waals surface area (Å²) in [5.74, 6) is -0.0426. The third-order valence-electron chi connectivity index (χ3n) is 1.79. The fourth-order valence-electron chi connectivity index (χ4n) is 1.00. The Morgan fingerprint density at radius 2 is 2.33 bits per heavy atom. The fraction of sp³-hybridized carbons (Fsp3) is 0.625. The van der Waals surface area contributed by atoms with E-state index < -0.39 is 10.0 Å². The molecule has 0 aliphatic rings. The Labute approximate surface area is 93.8 Å². The first-order valence-electron chi connectivity index (χ1n) is 4.66. The zero-order valence-electron chi connectivity index (χ0n) is 8.56. The molecule has 15 heavy (non-hydrogen) atoms. The first-order chi connectivity index (χ1) is 7.01. The molecule has 0 spiro atoms. The first kappa shape index (κ1) is 12.6. The van der Waals surface area contributed by atoms with Gasteiger partial charge < -0.3 is 5.32 Å². The highest BCUT2D eigenvalue weighted by atomic mass is 32.2. The van der Waals surface area contributed by atoms with Gasteiger partial charge in [0.1, 0.15) is 5.01 Å². The molecule has 0 unspecified atom stereocenters. The van der Waals surface area contributed by atoms with Crippen molar-refractivity contribution in [1.29, 1.82) is 0 Å². The van der Waals surface area contributed by atoms with Gasteiger partial charge >= 0.3 is 0 Å². The molecule has 0 bridgehead atoms. The van der Waals surface area contributed by atoms with Gasteiger partial charge in [-0.2, -0.15) is 0 Å². The van der Waals surface area contributed by atoms with E-state index in [9.17, 15) is 8.42 Å². The molecule has 0 fully saturated rings. The Balaban J connectivity index is 2.26. The van der Waals surface area contributed by atoms with Gasteiger partial charge in [-0.3, -0.25) is 0 Å². The molecule has 7 heteroatoms. The molecule has 5 nitrogen and oxygen atoms in total. The number of primary sulfonamides is 1. The average Bonchev–Trinajstić information content (AvgIpc) is 2.59. The number of aromatic nitrogens is 1. The van der Waals surface area contributed by atoms with Crippen LogP contribution < -0.4 is 10.5 Å². The highest BCUT2D eigenvalue weighted by Gasteiger charge is 2.03. The van der Waals surface area contributed by atoms with Gasteiger partial charge in [0.05, 0.1) is 5.75 Å². The molecule has 1 aromatic heterocycles. The van der Waals surface area contributed by atoms with E-state index in [2.05, 4.69) is 17.2 Å². The van der Waals surface area contributed by atoms with Crippen LogP contribution in [0.25, 0.3) is 0 Å². The van der Waals surface area contributed by atoms with Crippen LogP contribution in [0.1, 0.15) is 16.8 Å². The highest BCUT2D eigenvalue weighted by Crippen LogP contribution is 2.12. The van der Waals surface area contributed by atoms with E-state index in [1.807, 2.05) is 6.20 Å². The predicted molar refractivity (Wildman–Crippen MR) is 61.2 cm³/mol. The van der Waals surface area contributed by atoms with Gasteiger partial charge in [0.25, 0.3) is 0 Å². The number of nitrogens with one attached hydrogen (secondary N) is 1. The lowest BCUT2D eigenvalue weighted by Crippen LogP contribution is -2.26. The van der Waals surface area contributed by atoms with Crippen molar-refractivity contribution < 1.29 is 8.42 Å². The number of sulfonamides is 1. The second kappa shape index (κ2) is 5.55. The van der Waals surface area contributed by atoms with E-state index >= 15 is 0 Å². The van der Waals surface area contributed by atoms with Crippen LogP contribution in [0, 0.1) is 0 Å². The zero-order valence-corrected chi connectivity index (χ0v) is 10.2. The van der Waals surface area contributed by atoms with Crippen molar-refractivity contribution in [3.05, 3.63) is 16.1 Å². The smallest absolute Gasteiger partial charge is 0.210 e. The largest absolute Gasteiger partial charge is 0.309 e. The molecule has 0 saturated heterocycles. The number of rotatable bonds is 6. The van der Waals surface area contributed by atoms with E-state index in [-0.39, 0.29) is 5.75 Å². The lowest BCUT2D eigenvalue weighted by molar-refractivity contribution is 0.592. The Morgan fingerprint density at radius 1 is 1.60 bits per heavy atom. The topological polar surface area (TPSA) is 85.1 Å². The summed E-state index contributed by atoms with van der Waals surface area (Å²) < 4.78 is 21.2. The van der Waals surface area contributed by atoms with Crippen LogP contribution in [-0.4, -0.2) is 25.7 Å². The molecule has 1 heterocycles. The van der Waals surface area contributed by atoms with Crippen molar-refractivity contribution in [1.82, 2.24) is 10.3 Å². The van der Waals surface area contributed by atoms with Gasteiger partial charge in [0.15, 0.2) is 0 Å². The molecule has 1 aromatic rings. The number of nitrogens with zero attached hydrogens (tertiary/aromatic N) is 1. The third-order valence-corrected chi connectivity index (χ3v) is 3.70. The molecule has 0 radical (unpaired) electrons. The van der Waals surface area contributed by atoms with E-state index in [1.54, 1.807) is 11.3 Å².